The third kappa shape index (κ3) is 5.86. The average Bonchev–Trinajstić information content (AvgIpc) is 3.04. The number of nitrogens with one attached hydrogen (secondary N) is 2. The number of benzene rings is 1. The van der Waals surface area contributed by atoms with Crippen LogP contribution >= 0.6 is 0 Å². The van der Waals surface area contributed by atoms with Crippen molar-refractivity contribution in [1.29, 1.82) is 0 Å². The third-order valence-corrected chi connectivity index (χ3v) is 3.74. The van der Waals surface area contributed by atoms with Crippen LogP contribution in [0, 0.1) is 5.92 Å². The summed E-state index contributed by atoms with van der Waals surface area (Å²) >= 11 is 0. The highest BCUT2D eigenvalue weighted by molar-refractivity contribution is 5.94. The molecule has 7 heteroatoms. The van der Waals surface area contributed by atoms with Gasteiger partial charge in [-0.3, -0.25) is 4.79 Å². The number of anilines is 1. The Labute approximate surface area is 147 Å². The van der Waals surface area contributed by atoms with Crippen molar-refractivity contribution in [2.75, 3.05) is 11.9 Å². The van der Waals surface area contributed by atoms with Crippen LogP contribution in [0.5, 0.6) is 0 Å². The van der Waals surface area contributed by atoms with Gasteiger partial charge in [0.1, 0.15) is 0 Å². The number of aliphatic hydroxyl groups excluding tert-OH is 1. The fraction of sp³-hybridized carbons (Fsp3) is 0.500. The van der Waals surface area contributed by atoms with Crippen molar-refractivity contribution in [1.82, 2.24) is 15.5 Å². The largest absolute Gasteiger partial charge is 0.394 e. The molecule has 0 aliphatic heterocycles. The SMILES string of the molecule is CCC(CO)NC(=O)c1ccc(NCc2nc(CC(C)C)no2)cc1. The second kappa shape index (κ2) is 9.17. The number of carbonyl (C=O) groups excluding carboxylic acids is 1. The Hall–Kier alpha value is -2.41. The first kappa shape index (κ1) is 18.9. The maximum absolute atomic E-state index is 12.1. The summed E-state index contributed by atoms with van der Waals surface area (Å²) in [6, 6.07) is 6.89. The van der Waals surface area contributed by atoms with Crippen molar-refractivity contribution in [2.45, 2.75) is 46.2 Å². The lowest BCUT2D eigenvalue weighted by Gasteiger charge is -2.14. The van der Waals surface area contributed by atoms with Gasteiger partial charge in [0.15, 0.2) is 5.82 Å². The maximum atomic E-state index is 12.1. The molecule has 1 heterocycles. The topological polar surface area (TPSA) is 100 Å². The van der Waals surface area contributed by atoms with Crippen molar-refractivity contribution < 1.29 is 14.4 Å². The van der Waals surface area contributed by atoms with Crippen molar-refractivity contribution in [2.24, 2.45) is 5.92 Å². The summed E-state index contributed by atoms with van der Waals surface area (Å²) < 4.78 is 5.21. The Morgan fingerprint density at radius 2 is 2.00 bits per heavy atom. The Morgan fingerprint density at radius 1 is 1.28 bits per heavy atom. The van der Waals surface area contributed by atoms with Crippen molar-refractivity contribution in [3.63, 3.8) is 0 Å². The molecule has 1 aromatic heterocycles. The highest BCUT2D eigenvalue weighted by Gasteiger charge is 2.11. The van der Waals surface area contributed by atoms with Crippen LogP contribution in [0.15, 0.2) is 28.8 Å². The second-order valence-corrected chi connectivity index (χ2v) is 6.39. The van der Waals surface area contributed by atoms with E-state index in [1.165, 1.54) is 0 Å². The quantitative estimate of drug-likeness (QED) is 0.644. The van der Waals surface area contributed by atoms with Gasteiger partial charge in [0.05, 0.1) is 19.2 Å². The Morgan fingerprint density at radius 3 is 2.60 bits per heavy atom. The zero-order valence-corrected chi connectivity index (χ0v) is 15.0. The van der Waals surface area contributed by atoms with Gasteiger partial charge >= 0.3 is 0 Å². The molecule has 0 radical (unpaired) electrons. The lowest BCUT2D eigenvalue weighted by Crippen LogP contribution is -2.36. The summed E-state index contributed by atoms with van der Waals surface area (Å²) in [5.74, 6) is 1.54. The van der Waals surface area contributed by atoms with E-state index in [1.54, 1.807) is 12.1 Å². The summed E-state index contributed by atoms with van der Waals surface area (Å²) in [5, 5.41) is 19.1. The molecule has 25 heavy (non-hydrogen) atoms. The molecule has 0 aliphatic carbocycles. The molecule has 1 aromatic carbocycles. The highest BCUT2D eigenvalue weighted by Crippen LogP contribution is 2.12. The molecule has 2 rings (SSSR count). The predicted octanol–water partition coefficient (Wildman–Crippen LogP) is 2.38. The molecule has 0 fully saturated rings. The Kier molecular flexibility index (Phi) is 6.94. The summed E-state index contributed by atoms with van der Waals surface area (Å²) in [7, 11) is 0. The lowest BCUT2D eigenvalue weighted by molar-refractivity contribution is 0.0915. The molecule has 0 saturated carbocycles. The summed E-state index contributed by atoms with van der Waals surface area (Å²) in [4.78, 5) is 16.4. The fourth-order valence-electron chi connectivity index (χ4n) is 2.27. The van der Waals surface area contributed by atoms with Crippen molar-refractivity contribution in [3.05, 3.63) is 41.5 Å². The molecular weight excluding hydrogens is 320 g/mol. The van der Waals surface area contributed by atoms with Crippen LogP contribution in [0.25, 0.3) is 0 Å². The van der Waals surface area contributed by atoms with Crippen LogP contribution in [0.4, 0.5) is 5.69 Å². The first-order chi connectivity index (χ1) is 12.0. The molecule has 136 valence electrons. The standard InChI is InChI=1S/C18H26N4O3/c1-4-14(11-23)20-18(24)13-5-7-15(8-6-13)19-10-17-21-16(22-25-17)9-12(2)3/h5-8,12,14,19,23H,4,9-11H2,1-3H3,(H,20,24). The van der Waals surface area contributed by atoms with Crippen LogP contribution in [0.2, 0.25) is 0 Å². The minimum atomic E-state index is -0.220. The van der Waals surface area contributed by atoms with Gasteiger partial charge in [-0.1, -0.05) is 25.9 Å². The summed E-state index contributed by atoms with van der Waals surface area (Å²) in [5.41, 5.74) is 1.41. The monoisotopic (exact) mass is 346 g/mol. The van der Waals surface area contributed by atoms with Crippen LogP contribution in [0.1, 0.15) is 49.3 Å². The Balaban J connectivity index is 1.87. The molecule has 7 nitrogen and oxygen atoms in total. The van der Waals surface area contributed by atoms with E-state index in [0.29, 0.717) is 36.2 Å². The number of rotatable bonds is 9. The maximum Gasteiger partial charge on any atom is 0.251 e. The molecule has 1 amide bonds. The zero-order chi connectivity index (χ0) is 18.2. The number of carbonyl (C=O) groups is 1. The number of aromatic nitrogens is 2. The van der Waals surface area contributed by atoms with E-state index >= 15 is 0 Å². The second-order valence-electron chi connectivity index (χ2n) is 6.39. The first-order valence-corrected chi connectivity index (χ1v) is 8.59. The van der Waals surface area contributed by atoms with E-state index in [9.17, 15) is 4.79 Å². The summed E-state index contributed by atoms with van der Waals surface area (Å²) in [6.45, 7) is 6.49. The first-order valence-electron chi connectivity index (χ1n) is 8.59. The molecule has 0 aliphatic rings. The molecule has 2 aromatic rings. The molecule has 3 N–H and O–H groups in total. The smallest absolute Gasteiger partial charge is 0.251 e. The number of hydrogen-bond acceptors (Lipinski definition) is 6. The zero-order valence-electron chi connectivity index (χ0n) is 15.0. The number of nitrogens with zero attached hydrogens (tertiary/aromatic N) is 2. The van der Waals surface area contributed by atoms with E-state index in [1.807, 2.05) is 19.1 Å². The third-order valence-electron chi connectivity index (χ3n) is 3.74. The highest BCUT2D eigenvalue weighted by atomic mass is 16.5. The molecule has 0 saturated heterocycles. The van der Waals surface area contributed by atoms with Crippen LogP contribution in [-0.4, -0.2) is 33.8 Å². The average molecular weight is 346 g/mol. The lowest BCUT2D eigenvalue weighted by atomic mass is 10.1. The fourth-order valence-corrected chi connectivity index (χ4v) is 2.27. The molecule has 0 bridgehead atoms. The number of hydrogen-bond donors (Lipinski definition) is 3. The van der Waals surface area contributed by atoms with Gasteiger partial charge in [-0.25, -0.2) is 0 Å². The van der Waals surface area contributed by atoms with Gasteiger partial charge in [-0.05, 0) is 36.6 Å². The Bertz CT molecular complexity index is 663. The van der Waals surface area contributed by atoms with Crippen LogP contribution in [-0.2, 0) is 13.0 Å². The van der Waals surface area contributed by atoms with Gasteiger partial charge in [-0.2, -0.15) is 4.98 Å². The van der Waals surface area contributed by atoms with Gasteiger partial charge in [0, 0.05) is 17.7 Å². The minimum absolute atomic E-state index is 0.0646. The van der Waals surface area contributed by atoms with E-state index in [2.05, 4.69) is 34.6 Å². The van der Waals surface area contributed by atoms with Gasteiger partial charge < -0.3 is 20.3 Å². The predicted molar refractivity (Wildman–Crippen MR) is 95.2 cm³/mol. The molecular formula is C18H26N4O3. The summed E-state index contributed by atoms with van der Waals surface area (Å²) in [6.07, 6.45) is 1.48. The minimum Gasteiger partial charge on any atom is -0.394 e. The van der Waals surface area contributed by atoms with Gasteiger partial charge in [0.25, 0.3) is 5.91 Å². The van der Waals surface area contributed by atoms with E-state index < -0.39 is 0 Å². The molecule has 1 atom stereocenters. The number of aliphatic hydroxyl groups is 1. The number of amides is 1. The van der Waals surface area contributed by atoms with E-state index in [-0.39, 0.29) is 18.6 Å². The van der Waals surface area contributed by atoms with E-state index in [4.69, 9.17) is 9.63 Å². The van der Waals surface area contributed by atoms with Gasteiger partial charge in [-0.15, -0.1) is 0 Å². The van der Waals surface area contributed by atoms with Crippen molar-refractivity contribution >= 4 is 11.6 Å². The molecule has 1 unspecified atom stereocenters. The van der Waals surface area contributed by atoms with Gasteiger partial charge in [0.2, 0.25) is 5.89 Å². The van der Waals surface area contributed by atoms with Crippen molar-refractivity contribution in [3.8, 4) is 0 Å². The van der Waals surface area contributed by atoms with E-state index in [0.717, 1.165) is 12.1 Å². The van der Waals surface area contributed by atoms with Crippen LogP contribution in [0.3, 0.4) is 0 Å². The normalized spacial score (nSPS) is 12.2. The molecule has 0 spiro atoms. The van der Waals surface area contributed by atoms with Crippen LogP contribution < -0.4 is 10.6 Å².